The fraction of sp³-hybridized carbons (Fsp3) is 0.360. The minimum atomic E-state index is 0.0528. The van der Waals surface area contributed by atoms with E-state index in [4.69, 9.17) is 38.4 Å². The number of carbonyl (C=O) groups excluding carboxylic acids is 1. The predicted molar refractivity (Wildman–Crippen MR) is 135 cm³/mol. The number of nitrogens with one attached hydrogen (secondary N) is 1. The number of amides is 1. The molecule has 34 heavy (non-hydrogen) atoms. The topological polar surface area (TPSA) is 82.4 Å². The average Bonchev–Trinajstić information content (AvgIpc) is 3.39. The van der Waals surface area contributed by atoms with E-state index in [0.717, 1.165) is 59.7 Å². The van der Waals surface area contributed by atoms with Crippen LogP contribution >= 0.6 is 23.2 Å². The molecule has 0 bridgehead atoms. The lowest BCUT2D eigenvalue weighted by atomic mass is 10.1. The number of imidazole rings is 1. The molecule has 7 nitrogen and oxygen atoms in total. The van der Waals surface area contributed by atoms with Gasteiger partial charge in [0.05, 0.1) is 23.6 Å². The molecule has 0 aliphatic carbocycles. The fourth-order valence-electron chi connectivity index (χ4n) is 4.10. The monoisotopic (exact) mass is 503 g/mol. The molecule has 0 atom stereocenters. The van der Waals surface area contributed by atoms with Crippen molar-refractivity contribution < 1.29 is 18.8 Å². The highest BCUT2D eigenvalue weighted by molar-refractivity contribution is 6.42. The van der Waals surface area contributed by atoms with Gasteiger partial charge < -0.3 is 20.5 Å². The zero-order valence-electron chi connectivity index (χ0n) is 19.2. The fourth-order valence-corrected chi connectivity index (χ4v) is 4.41. The first kappa shape index (κ1) is 24.4. The number of nitrogens with zero attached hydrogens (tertiary/aromatic N) is 2. The van der Waals surface area contributed by atoms with Crippen molar-refractivity contribution in [3.05, 3.63) is 51.8 Å². The minimum absolute atomic E-state index is 0.0528. The van der Waals surface area contributed by atoms with E-state index in [1.54, 1.807) is 0 Å². The molecule has 0 radical (unpaired) electrons. The van der Waals surface area contributed by atoms with Crippen molar-refractivity contribution >= 4 is 52.3 Å². The first-order valence-corrected chi connectivity index (χ1v) is 12.2. The zero-order chi connectivity index (χ0) is 24.1. The number of nitrogens with two attached hydrogens (primary N) is 1. The number of carbonyl (C=O) groups is 1. The van der Waals surface area contributed by atoms with Gasteiger partial charge in [-0.1, -0.05) is 29.3 Å². The van der Waals surface area contributed by atoms with Crippen LogP contribution in [0.4, 0.5) is 0 Å². The lowest BCUT2D eigenvalue weighted by Crippen LogP contribution is -2.31. The van der Waals surface area contributed by atoms with Crippen LogP contribution in [0.25, 0.3) is 23.2 Å². The predicted octanol–water partition coefficient (Wildman–Crippen LogP) is 4.31. The molecule has 4 rings (SSSR count). The van der Waals surface area contributed by atoms with E-state index in [1.165, 1.54) is 0 Å². The van der Waals surface area contributed by atoms with Gasteiger partial charge in [-0.25, -0.2) is 9.13 Å². The molecule has 1 amide bonds. The van der Waals surface area contributed by atoms with E-state index >= 15 is 0 Å². The second-order valence-electron chi connectivity index (χ2n) is 8.22. The number of ether oxygens (including phenoxy) is 2. The summed E-state index contributed by atoms with van der Waals surface area (Å²) in [6.45, 7) is 2.02. The van der Waals surface area contributed by atoms with E-state index in [2.05, 4.69) is 26.6 Å². The summed E-state index contributed by atoms with van der Waals surface area (Å²) in [7, 11) is 2.02. The third kappa shape index (κ3) is 5.49. The number of rotatable bonds is 10. The Labute approximate surface area is 209 Å². The number of aromatic nitrogens is 2. The van der Waals surface area contributed by atoms with Gasteiger partial charge in [-0.2, -0.15) is 0 Å². The molecule has 0 spiro atoms. The van der Waals surface area contributed by atoms with Crippen LogP contribution < -0.4 is 25.1 Å². The van der Waals surface area contributed by atoms with Crippen molar-refractivity contribution in [3.63, 3.8) is 0 Å². The summed E-state index contributed by atoms with van der Waals surface area (Å²) < 4.78 is 15.3. The molecule has 9 heteroatoms. The van der Waals surface area contributed by atoms with Crippen molar-refractivity contribution in [2.24, 2.45) is 12.8 Å². The molecule has 0 saturated carbocycles. The van der Waals surface area contributed by atoms with Crippen molar-refractivity contribution in [1.29, 1.82) is 0 Å². The summed E-state index contributed by atoms with van der Waals surface area (Å²) in [4.78, 5) is 11.8. The molecule has 180 valence electrons. The van der Waals surface area contributed by atoms with Gasteiger partial charge in [0, 0.05) is 37.7 Å². The van der Waals surface area contributed by atoms with Gasteiger partial charge in [0.2, 0.25) is 12.7 Å². The largest absolute Gasteiger partial charge is 0.454 e. The molecule has 2 aromatic carbocycles. The van der Waals surface area contributed by atoms with E-state index in [9.17, 15) is 4.79 Å². The van der Waals surface area contributed by atoms with Gasteiger partial charge in [0.25, 0.3) is 5.82 Å². The molecule has 0 saturated heterocycles. The summed E-state index contributed by atoms with van der Waals surface area (Å²) >= 11 is 12.7. The van der Waals surface area contributed by atoms with Crippen molar-refractivity contribution in [2.45, 2.75) is 32.2 Å². The second kappa shape index (κ2) is 11.1. The SMILES string of the molecule is C[n+]1c(/C=C/c2ccc3c(c2)OCO3)n(CCCCCC(=O)NCCN)c2cc(Cl)c(Cl)cc21. The van der Waals surface area contributed by atoms with E-state index in [1.807, 2.05) is 37.4 Å². The van der Waals surface area contributed by atoms with E-state index in [-0.39, 0.29) is 12.7 Å². The van der Waals surface area contributed by atoms with Crippen LogP contribution in [0.5, 0.6) is 11.5 Å². The minimum Gasteiger partial charge on any atom is -0.454 e. The summed E-state index contributed by atoms with van der Waals surface area (Å²) in [6.07, 6.45) is 7.34. The Morgan fingerprint density at radius 2 is 1.91 bits per heavy atom. The third-order valence-corrected chi connectivity index (χ3v) is 6.59. The van der Waals surface area contributed by atoms with Gasteiger partial charge in [0.1, 0.15) is 0 Å². The highest BCUT2D eigenvalue weighted by Gasteiger charge is 2.22. The smallest absolute Gasteiger partial charge is 0.282 e. The second-order valence-corrected chi connectivity index (χ2v) is 9.03. The number of aryl methyl sites for hydroxylation is 2. The summed E-state index contributed by atoms with van der Waals surface area (Å²) in [6, 6.07) is 9.70. The normalized spacial score (nSPS) is 12.7. The van der Waals surface area contributed by atoms with Crippen LogP contribution in [0.1, 0.15) is 37.1 Å². The molecule has 3 N–H and O–H groups in total. The number of unbranched alkanes of at least 4 members (excludes halogenated alkanes) is 2. The van der Waals surface area contributed by atoms with Crippen LogP contribution in [0.15, 0.2) is 30.3 Å². The van der Waals surface area contributed by atoms with Gasteiger partial charge in [-0.3, -0.25) is 4.79 Å². The van der Waals surface area contributed by atoms with Gasteiger partial charge >= 0.3 is 0 Å². The number of hydrogen-bond acceptors (Lipinski definition) is 4. The molecule has 1 aliphatic heterocycles. The van der Waals surface area contributed by atoms with Crippen molar-refractivity contribution in [2.75, 3.05) is 19.9 Å². The molecule has 0 fully saturated rings. The van der Waals surface area contributed by atoms with Crippen LogP contribution in [0.2, 0.25) is 10.0 Å². The maximum absolute atomic E-state index is 11.8. The number of fused-ring (bicyclic) bond motifs is 2. The zero-order valence-corrected chi connectivity index (χ0v) is 20.7. The lowest BCUT2D eigenvalue weighted by Gasteiger charge is -2.04. The van der Waals surface area contributed by atoms with Gasteiger partial charge in [0.15, 0.2) is 22.5 Å². The first-order chi connectivity index (χ1) is 16.5. The van der Waals surface area contributed by atoms with Gasteiger partial charge in [-0.15, -0.1) is 0 Å². The first-order valence-electron chi connectivity index (χ1n) is 11.4. The van der Waals surface area contributed by atoms with Crippen LogP contribution in [-0.2, 0) is 18.4 Å². The van der Waals surface area contributed by atoms with E-state index < -0.39 is 0 Å². The van der Waals surface area contributed by atoms with Crippen molar-refractivity contribution in [1.82, 2.24) is 9.88 Å². The Hall–Kier alpha value is -2.74. The number of halogens is 2. The molecular formula is C25H29Cl2N4O3+. The Morgan fingerprint density at radius 1 is 1.12 bits per heavy atom. The van der Waals surface area contributed by atoms with Crippen LogP contribution in [0.3, 0.4) is 0 Å². The Bertz CT molecular complexity index is 1220. The maximum Gasteiger partial charge on any atom is 0.282 e. The Balaban J connectivity index is 1.54. The number of hydrogen-bond donors (Lipinski definition) is 2. The summed E-state index contributed by atoms with van der Waals surface area (Å²) in [5, 5.41) is 3.86. The highest BCUT2D eigenvalue weighted by atomic mass is 35.5. The van der Waals surface area contributed by atoms with E-state index in [0.29, 0.717) is 29.6 Å². The molecule has 3 aromatic rings. The average molecular weight is 504 g/mol. The molecule has 1 aromatic heterocycles. The molecular weight excluding hydrogens is 475 g/mol. The number of benzene rings is 2. The standard InChI is InChI=1S/C25H28Cl2N4O3/c1-30-20-14-18(26)19(27)15-21(20)31(12-4-2-3-5-24(32)29-11-10-28)25(30)9-7-17-6-8-22-23(13-17)34-16-33-22/h6-9,13-15H,2-5,10-12,16,28H2,1H3/p+1/b9-7+. The maximum atomic E-state index is 11.8. The summed E-state index contributed by atoms with van der Waals surface area (Å²) in [5.74, 6) is 2.59. The van der Waals surface area contributed by atoms with Crippen LogP contribution in [-0.4, -0.2) is 30.4 Å². The quantitative estimate of drug-likeness (QED) is 0.319. The van der Waals surface area contributed by atoms with Crippen molar-refractivity contribution in [3.8, 4) is 11.5 Å². The lowest BCUT2D eigenvalue weighted by molar-refractivity contribution is -0.647. The highest BCUT2D eigenvalue weighted by Crippen LogP contribution is 2.33. The van der Waals surface area contributed by atoms with Gasteiger partial charge in [-0.05, 0) is 43.0 Å². The molecule has 1 aliphatic rings. The Morgan fingerprint density at radius 3 is 2.74 bits per heavy atom. The Kier molecular flexibility index (Phi) is 7.98. The summed E-state index contributed by atoms with van der Waals surface area (Å²) in [5.41, 5.74) is 8.46. The molecule has 2 heterocycles. The third-order valence-electron chi connectivity index (χ3n) is 5.86. The van der Waals surface area contributed by atoms with Crippen LogP contribution in [0, 0.1) is 0 Å². The molecule has 0 unspecified atom stereocenters.